The van der Waals surface area contributed by atoms with Crippen molar-refractivity contribution in [2.75, 3.05) is 22.1 Å². The maximum absolute atomic E-state index is 12.6. The molecule has 1 unspecified atom stereocenters. The molecule has 33 heavy (non-hydrogen) atoms. The maximum atomic E-state index is 12.6. The molecule has 0 spiro atoms. The molecule has 0 saturated carbocycles. The van der Waals surface area contributed by atoms with Gasteiger partial charge in [0.2, 0.25) is 0 Å². The number of benzene rings is 2. The Hall–Kier alpha value is -3.07. The Kier molecular flexibility index (Phi) is 7.31. The van der Waals surface area contributed by atoms with Gasteiger partial charge < -0.3 is 21.5 Å². The summed E-state index contributed by atoms with van der Waals surface area (Å²) in [4.78, 5) is 12.6. The highest BCUT2D eigenvalue weighted by atomic mass is 32.2. The summed E-state index contributed by atoms with van der Waals surface area (Å²) in [6.45, 7) is 3.83. The molecule has 9 heteroatoms. The van der Waals surface area contributed by atoms with Gasteiger partial charge in [-0.2, -0.15) is 0 Å². The number of anilines is 2. The van der Waals surface area contributed by atoms with Crippen molar-refractivity contribution in [1.29, 1.82) is 5.41 Å². The minimum atomic E-state index is -2.96. The zero-order chi connectivity index (χ0) is 24.2. The van der Waals surface area contributed by atoms with Crippen molar-refractivity contribution in [3.05, 3.63) is 59.2 Å². The van der Waals surface area contributed by atoms with E-state index in [4.69, 9.17) is 11.1 Å². The predicted molar refractivity (Wildman–Crippen MR) is 132 cm³/mol. The highest BCUT2D eigenvalue weighted by Crippen LogP contribution is 2.34. The topological polar surface area (TPSA) is 145 Å². The van der Waals surface area contributed by atoms with Crippen LogP contribution < -0.4 is 16.4 Å². The minimum Gasteiger partial charge on any atom is -0.479 e. The highest BCUT2D eigenvalue weighted by molar-refractivity contribution is 7.91. The fourth-order valence-corrected chi connectivity index (χ4v) is 5.66. The summed E-state index contributed by atoms with van der Waals surface area (Å²) in [7, 11) is -2.96. The van der Waals surface area contributed by atoms with Gasteiger partial charge in [0, 0.05) is 23.0 Å². The molecule has 0 aromatic heterocycles. The average Bonchev–Trinajstić information content (AvgIpc) is 2.78. The number of hydrogen-bond acceptors (Lipinski definition) is 6. The lowest BCUT2D eigenvalue weighted by atomic mass is 9.85. The molecule has 1 fully saturated rings. The first kappa shape index (κ1) is 24.6. The monoisotopic (exact) mass is 472 g/mol. The van der Waals surface area contributed by atoms with E-state index < -0.39 is 21.3 Å². The van der Waals surface area contributed by atoms with E-state index in [1.165, 1.54) is 0 Å². The lowest BCUT2D eigenvalue weighted by Gasteiger charge is -2.32. The fraction of sp³-hybridized carbons (Fsp3) is 0.417. The van der Waals surface area contributed by atoms with Crippen molar-refractivity contribution in [2.45, 2.75) is 51.1 Å². The molecule has 8 nitrogen and oxygen atoms in total. The summed E-state index contributed by atoms with van der Waals surface area (Å²) >= 11 is 0. The Bertz CT molecular complexity index is 1120. The zero-order valence-corrected chi connectivity index (χ0v) is 19.8. The van der Waals surface area contributed by atoms with E-state index in [1.54, 1.807) is 24.3 Å². The maximum Gasteiger partial charge on any atom is 0.334 e. The molecule has 0 amide bonds. The smallest absolute Gasteiger partial charge is 0.334 e. The molecule has 0 radical (unpaired) electrons. The summed E-state index contributed by atoms with van der Waals surface area (Å²) in [5, 5.41) is 24.5. The van der Waals surface area contributed by atoms with Crippen molar-refractivity contribution in [3.8, 4) is 0 Å². The SMILES string of the molecule is CCc1cc(NC2CCS(=O)(=O)CC2)cc(C(CC)(Nc2ccc(C(=N)N)cc2)C(=O)O)c1. The number of carbonyl (C=O) groups is 1. The van der Waals surface area contributed by atoms with Gasteiger partial charge in [0.15, 0.2) is 5.54 Å². The van der Waals surface area contributed by atoms with Gasteiger partial charge in [0.25, 0.3) is 0 Å². The van der Waals surface area contributed by atoms with Crippen LogP contribution in [0.2, 0.25) is 0 Å². The molecule has 6 N–H and O–H groups in total. The lowest BCUT2D eigenvalue weighted by Crippen LogP contribution is -2.43. The van der Waals surface area contributed by atoms with Gasteiger partial charge in [-0.25, -0.2) is 13.2 Å². The summed E-state index contributed by atoms with van der Waals surface area (Å²) in [5.74, 6) is -0.722. The number of aryl methyl sites for hydroxylation is 1. The van der Waals surface area contributed by atoms with Gasteiger partial charge in [-0.3, -0.25) is 5.41 Å². The third-order valence-electron chi connectivity index (χ3n) is 6.27. The second-order valence-electron chi connectivity index (χ2n) is 8.52. The van der Waals surface area contributed by atoms with Crippen LogP contribution in [0.4, 0.5) is 11.4 Å². The van der Waals surface area contributed by atoms with Crippen molar-refractivity contribution in [2.24, 2.45) is 5.73 Å². The van der Waals surface area contributed by atoms with Crippen LogP contribution in [0.5, 0.6) is 0 Å². The molecule has 0 bridgehead atoms. The normalized spacial score (nSPS) is 17.6. The lowest BCUT2D eigenvalue weighted by molar-refractivity contribution is -0.142. The number of hydrogen-bond donors (Lipinski definition) is 5. The number of aliphatic carboxylic acids is 1. The summed E-state index contributed by atoms with van der Waals surface area (Å²) in [5.41, 5.74) is 7.74. The van der Waals surface area contributed by atoms with E-state index in [9.17, 15) is 18.3 Å². The van der Waals surface area contributed by atoms with Gasteiger partial charge >= 0.3 is 5.97 Å². The second-order valence-corrected chi connectivity index (χ2v) is 10.8. The van der Waals surface area contributed by atoms with Crippen LogP contribution in [0.3, 0.4) is 0 Å². The Morgan fingerprint density at radius 1 is 1.12 bits per heavy atom. The number of sulfone groups is 1. The number of nitrogen functional groups attached to an aromatic ring is 1. The van der Waals surface area contributed by atoms with Crippen molar-refractivity contribution < 1.29 is 18.3 Å². The van der Waals surface area contributed by atoms with Crippen LogP contribution in [0, 0.1) is 5.41 Å². The van der Waals surface area contributed by atoms with Crippen molar-refractivity contribution in [1.82, 2.24) is 0 Å². The third-order valence-corrected chi connectivity index (χ3v) is 7.98. The first-order chi connectivity index (χ1) is 15.6. The first-order valence-electron chi connectivity index (χ1n) is 11.2. The van der Waals surface area contributed by atoms with Gasteiger partial charge in [-0.1, -0.05) is 19.9 Å². The molecule has 1 heterocycles. The summed E-state index contributed by atoms with van der Waals surface area (Å²) in [6, 6.07) is 12.6. The standard InChI is InChI=1S/C24H32N4O4S/c1-3-16-13-18(15-21(14-16)27-19-9-11-33(31,32)12-10-19)24(4-2,23(29)30)28-20-7-5-17(6-8-20)22(25)26/h5-8,13-15,19,27-28H,3-4,9-12H2,1-2H3,(H3,25,26)(H,29,30). The van der Waals surface area contributed by atoms with E-state index in [-0.39, 0.29) is 23.4 Å². The number of carboxylic acids is 1. The van der Waals surface area contributed by atoms with E-state index in [2.05, 4.69) is 10.6 Å². The number of nitrogens with two attached hydrogens (primary N) is 1. The van der Waals surface area contributed by atoms with Gasteiger partial charge in [-0.05, 0) is 73.2 Å². The molecular weight excluding hydrogens is 440 g/mol. The molecule has 1 saturated heterocycles. The molecule has 1 aliphatic rings. The van der Waals surface area contributed by atoms with Crippen LogP contribution in [0.15, 0.2) is 42.5 Å². The molecule has 2 aromatic carbocycles. The Morgan fingerprint density at radius 3 is 2.27 bits per heavy atom. The van der Waals surface area contributed by atoms with E-state index >= 15 is 0 Å². The average molecular weight is 473 g/mol. The predicted octanol–water partition coefficient (Wildman–Crippen LogP) is 3.32. The number of amidine groups is 1. The number of rotatable bonds is 9. The van der Waals surface area contributed by atoms with E-state index in [1.807, 2.05) is 32.0 Å². The van der Waals surface area contributed by atoms with Crippen LogP contribution in [-0.2, 0) is 26.6 Å². The third kappa shape index (κ3) is 5.65. The van der Waals surface area contributed by atoms with E-state index in [0.717, 1.165) is 17.7 Å². The summed E-state index contributed by atoms with van der Waals surface area (Å²) in [6.07, 6.45) is 2.10. The zero-order valence-electron chi connectivity index (χ0n) is 19.0. The highest BCUT2D eigenvalue weighted by Gasteiger charge is 2.39. The second kappa shape index (κ2) is 9.82. The van der Waals surface area contributed by atoms with Gasteiger partial charge in [0.05, 0.1) is 11.5 Å². The minimum absolute atomic E-state index is 0.0291. The van der Waals surface area contributed by atoms with Gasteiger partial charge in [-0.15, -0.1) is 0 Å². The van der Waals surface area contributed by atoms with Crippen LogP contribution in [-0.4, -0.2) is 42.9 Å². The van der Waals surface area contributed by atoms with Crippen LogP contribution in [0.25, 0.3) is 0 Å². The van der Waals surface area contributed by atoms with Gasteiger partial charge in [0.1, 0.15) is 15.7 Å². The molecule has 1 atom stereocenters. The summed E-state index contributed by atoms with van der Waals surface area (Å²) < 4.78 is 23.5. The molecule has 1 aliphatic heterocycles. The van der Waals surface area contributed by atoms with Crippen LogP contribution in [0.1, 0.15) is 49.8 Å². The first-order valence-corrected chi connectivity index (χ1v) is 13.0. The molecule has 3 rings (SSSR count). The van der Waals surface area contributed by atoms with E-state index in [0.29, 0.717) is 36.1 Å². The quantitative estimate of drug-likeness (QED) is 0.278. The largest absolute Gasteiger partial charge is 0.479 e. The van der Waals surface area contributed by atoms with Crippen molar-refractivity contribution >= 4 is 33.0 Å². The molecular formula is C24H32N4O4S. The fourth-order valence-electron chi connectivity index (χ4n) is 4.17. The Balaban J connectivity index is 1.95. The number of nitrogens with one attached hydrogen (secondary N) is 3. The molecule has 0 aliphatic carbocycles. The Morgan fingerprint density at radius 2 is 1.76 bits per heavy atom. The Labute approximate surface area is 195 Å². The molecule has 2 aromatic rings. The van der Waals surface area contributed by atoms with Crippen molar-refractivity contribution in [3.63, 3.8) is 0 Å². The molecule has 178 valence electrons. The number of carboxylic acid groups (broad SMARTS) is 1. The van der Waals surface area contributed by atoms with Crippen LogP contribution >= 0.6 is 0 Å².